The van der Waals surface area contributed by atoms with Gasteiger partial charge in [0.1, 0.15) is 11.4 Å². The number of pyridine rings is 1. The smallest absolute Gasteiger partial charge is 0.410 e. The number of carbonyl (C=O) groups is 1. The van der Waals surface area contributed by atoms with Gasteiger partial charge in [0.15, 0.2) is 0 Å². The maximum atomic E-state index is 12.9. The van der Waals surface area contributed by atoms with Crippen molar-refractivity contribution in [1.82, 2.24) is 29.5 Å². The quantitative estimate of drug-likeness (QED) is 0.617. The fourth-order valence-electron chi connectivity index (χ4n) is 5.28. The molecule has 2 fully saturated rings. The summed E-state index contributed by atoms with van der Waals surface area (Å²) in [5.41, 5.74) is 0.0729. The zero-order valence-corrected chi connectivity index (χ0v) is 20.7. The average molecular weight is 479 g/mol. The molecular formula is C26H34N6O3. The van der Waals surface area contributed by atoms with Crippen molar-refractivity contribution in [3.8, 4) is 5.69 Å². The number of fused-ring (bicyclic) bond motifs is 1. The molecule has 2 aliphatic rings. The number of carbonyl (C=O) groups excluding carboxylic acids is 1. The molecule has 2 aromatic heterocycles. The second-order valence-electron chi connectivity index (χ2n) is 10.6. The predicted octanol–water partition coefficient (Wildman–Crippen LogP) is 3.69. The van der Waals surface area contributed by atoms with Crippen molar-refractivity contribution in [3.63, 3.8) is 0 Å². The van der Waals surface area contributed by atoms with Crippen LogP contribution in [0.1, 0.15) is 58.2 Å². The Bertz CT molecular complexity index is 1250. The lowest BCUT2D eigenvalue weighted by molar-refractivity contribution is 0.0123. The third kappa shape index (κ3) is 5.10. The molecular weight excluding hydrogens is 444 g/mol. The Morgan fingerprint density at radius 1 is 1.11 bits per heavy atom. The van der Waals surface area contributed by atoms with Gasteiger partial charge >= 0.3 is 11.8 Å². The monoisotopic (exact) mass is 478 g/mol. The first kappa shape index (κ1) is 23.5. The number of rotatable bonds is 3. The van der Waals surface area contributed by atoms with Crippen molar-refractivity contribution >= 4 is 16.9 Å². The van der Waals surface area contributed by atoms with Crippen molar-refractivity contribution in [1.29, 1.82) is 0 Å². The number of hydrogen-bond acceptors (Lipinski definition) is 6. The van der Waals surface area contributed by atoms with E-state index in [4.69, 9.17) is 9.84 Å². The SMILES string of the molecule is CC(C)(C)OC(=O)N1CCC(N2CCCC(c3nn(-c4cccc5cnccc45)c(=O)[nH]3)C2)CC1. The molecule has 2 aliphatic heterocycles. The number of nitrogens with one attached hydrogen (secondary N) is 1. The van der Waals surface area contributed by atoms with E-state index in [2.05, 4.69) is 14.9 Å². The van der Waals surface area contributed by atoms with Crippen molar-refractivity contribution < 1.29 is 9.53 Å². The van der Waals surface area contributed by atoms with Crippen LogP contribution in [0.3, 0.4) is 0 Å². The number of likely N-dealkylation sites (tertiary alicyclic amines) is 2. The second kappa shape index (κ2) is 9.45. The molecule has 1 amide bonds. The molecule has 1 N–H and O–H groups in total. The number of ether oxygens (including phenoxy) is 1. The number of aromatic amines is 1. The van der Waals surface area contributed by atoms with Crippen LogP contribution in [0, 0.1) is 0 Å². The maximum absolute atomic E-state index is 12.9. The minimum absolute atomic E-state index is 0.179. The highest BCUT2D eigenvalue weighted by molar-refractivity contribution is 5.89. The fourth-order valence-corrected chi connectivity index (χ4v) is 5.28. The van der Waals surface area contributed by atoms with Crippen LogP contribution in [0.5, 0.6) is 0 Å². The zero-order chi connectivity index (χ0) is 24.6. The van der Waals surface area contributed by atoms with Gasteiger partial charge in [-0.2, -0.15) is 4.68 Å². The van der Waals surface area contributed by atoms with E-state index in [1.54, 1.807) is 12.4 Å². The number of piperidine rings is 2. The van der Waals surface area contributed by atoms with Crippen LogP contribution in [0.2, 0.25) is 0 Å². The normalized spacial score (nSPS) is 20.3. The molecule has 9 nitrogen and oxygen atoms in total. The number of nitrogens with zero attached hydrogens (tertiary/aromatic N) is 5. The number of hydrogen-bond donors (Lipinski definition) is 1. The molecule has 1 atom stereocenters. The molecule has 186 valence electrons. The molecule has 9 heteroatoms. The topological polar surface area (TPSA) is 96.3 Å². The lowest BCUT2D eigenvalue weighted by atomic mass is 9.93. The summed E-state index contributed by atoms with van der Waals surface area (Å²) < 4.78 is 7.02. The Morgan fingerprint density at radius 3 is 2.69 bits per heavy atom. The zero-order valence-electron chi connectivity index (χ0n) is 20.7. The van der Waals surface area contributed by atoms with E-state index in [1.807, 2.05) is 49.9 Å². The molecule has 35 heavy (non-hydrogen) atoms. The van der Waals surface area contributed by atoms with E-state index in [9.17, 15) is 9.59 Å². The molecule has 5 rings (SSSR count). The third-order valence-electron chi connectivity index (χ3n) is 6.99. The van der Waals surface area contributed by atoms with E-state index in [1.165, 1.54) is 4.68 Å². The predicted molar refractivity (Wildman–Crippen MR) is 134 cm³/mol. The van der Waals surface area contributed by atoms with Crippen molar-refractivity contribution in [2.75, 3.05) is 26.2 Å². The molecule has 0 saturated carbocycles. The Labute approximate surface area is 205 Å². The average Bonchev–Trinajstić information content (AvgIpc) is 3.24. The first-order valence-electron chi connectivity index (χ1n) is 12.5. The number of benzene rings is 1. The van der Waals surface area contributed by atoms with E-state index in [0.717, 1.165) is 61.1 Å². The summed E-state index contributed by atoms with van der Waals surface area (Å²) in [6.07, 6.45) is 7.23. The van der Waals surface area contributed by atoms with Crippen molar-refractivity contribution in [3.05, 3.63) is 53.0 Å². The van der Waals surface area contributed by atoms with E-state index in [-0.39, 0.29) is 17.7 Å². The third-order valence-corrected chi connectivity index (χ3v) is 6.99. The first-order chi connectivity index (χ1) is 16.8. The van der Waals surface area contributed by atoms with E-state index < -0.39 is 5.60 Å². The summed E-state index contributed by atoms with van der Waals surface area (Å²) in [4.78, 5) is 36.8. The van der Waals surface area contributed by atoms with E-state index in [0.29, 0.717) is 19.1 Å². The van der Waals surface area contributed by atoms with Gasteiger partial charge in [-0.3, -0.25) is 14.9 Å². The Hall–Kier alpha value is -3.20. The maximum Gasteiger partial charge on any atom is 0.410 e. The summed E-state index contributed by atoms with van der Waals surface area (Å²) in [5.74, 6) is 0.926. The van der Waals surface area contributed by atoms with Gasteiger partial charge in [-0.15, -0.1) is 5.10 Å². The van der Waals surface area contributed by atoms with Crippen LogP contribution < -0.4 is 5.69 Å². The van der Waals surface area contributed by atoms with Gasteiger partial charge in [-0.05, 0) is 65.1 Å². The summed E-state index contributed by atoms with van der Waals surface area (Å²) in [6.45, 7) is 9.01. The summed E-state index contributed by atoms with van der Waals surface area (Å²) in [7, 11) is 0. The van der Waals surface area contributed by atoms with Gasteiger partial charge < -0.3 is 9.64 Å². The summed E-state index contributed by atoms with van der Waals surface area (Å²) in [6, 6.07) is 8.16. The molecule has 0 bridgehead atoms. The first-order valence-corrected chi connectivity index (χ1v) is 12.5. The molecule has 4 heterocycles. The Balaban J connectivity index is 1.27. The van der Waals surface area contributed by atoms with Crippen LogP contribution in [-0.2, 0) is 4.74 Å². The molecule has 1 aromatic carbocycles. The minimum Gasteiger partial charge on any atom is -0.444 e. The highest BCUT2D eigenvalue weighted by Gasteiger charge is 2.33. The van der Waals surface area contributed by atoms with Crippen LogP contribution in [0.4, 0.5) is 4.79 Å². The summed E-state index contributed by atoms with van der Waals surface area (Å²) >= 11 is 0. The Kier molecular flexibility index (Phi) is 6.35. The number of aromatic nitrogens is 4. The van der Waals surface area contributed by atoms with Gasteiger partial charge in [-0.1, -0.05) is 12.1 Å². The van der Waals surface area contributed by atoms with Gasteiger partial charge in [0.2, 0.25) is 0 Å². The van der Waals surface area contributed by atoms with Crippen LogP contribution >= 0.6 is 0 Å². The lowest BCUT2D eigenvalue weighted by Gasteiger charge is -2.42. The molecule has 0 spiro atoms. The number of amides is 1. The summed E-state index contributed by atoms with van der Waals surface area (Å²) in [5, 5.41) is 6.66. The van der Waals surface area contributed by atoms with Gasteiger partial charge in [0.05, 0.1) is 5.69 Å². The number of H-pyrrole nitrogens is 1. The molecule has 3 aromatic rings. The van der Waals surface area contributed by atoms with Gasteiger partial charge in [0, 0.05) is 54.8 Å². The highest BCUT2D eigenvalue weighted by atomic mass is 16.6. The lowest BCUT2D eigenvalue weighted by Crippen LogP contribution is -2.50. The largest absolute Gasteiger partial charge is 0.444 e. The van der Waals surface area contributed by atoms with Gasteiger partial charge in [0.25, 0.3) is 0 Å². The van der Waals surface area contributed by atoms with Gasteiger partial charge in [-0.25, -0.2) is 9.59 Å². The standard InChI is InChI=1S/C26H34N6O3/c1-26(2,3)35-25(34)30-14-10-20(11-15-30)31-13-5-7-19(17-31)23-28-24(33)32(29-23)22-8-4-6-18-16-27-12-9-21(18)22/h4,6,8-9,12,16,19-20H,5,7,10-11,13-15,17H2,1-3H3,(H,28,29,33). The second-order valence-corrected chi connectivity index (χ2v) is 10.6. The van der Waals surface area contributed by atoms with Crippen molar-refractivity contribution in [2.24, 2.45) is 0 Å². The van der Waals surface area contributed by atoms with Crippen LogP contribution in [-0.4, -0.2) is 73.5 Å². The minimum atomic E-state index is -0.475. The Morgan fingerprint density at radius 2 is 1.91 bits per heavy atom. The molecule has 2 saturated heterocycles. The fraction of sp³-hybridized carbons (Fsp3) is 0.538. The van der Waals surface area contributed by atoms with Crippen LogP contribution in [0.25, 0.3) is 16.5 Å². The molecule has 1 unspecified atom stereocenters. The highest BCUT2D eigenvalue weighted by Crippen LogP contribution is 2.29. The molecule has 0 aliphatic carbocycles. The van der Waals surface area contributed by atoms with Crippen LogP contribution in [0.15, 0.2) is 41.5 Å². The van der Waals surface area contributed by atoms with Crippen molar-refractivity contribution in [2.45, 2.75) is 64.0 Å². The van der Waals surface area contributed by atoms with E-state index >= 15 is 0 Å². The molecule has 0 radical (unpaired) electrons.